The SMILES string of the molecule is COc1ccc(COC[C@@H](Nc2ccc(OC)cc2OC)[C@@H](OCc2ccc(OC)cc2)[C@@H](CO[Si](C)(C)C(C)(C)C)OCc2ccc(OC)cc2)cc1. The van der Waals surface area contributed by atoms with Crippen molar-refractivity contribution in [3.8, 4) is 28.7 Å². The van der Waals surface area contributed by atoms with Crippen LogP contribution in [-0.2, 0) is 38.5 Å². The van der Waals surface area contributed by atoms with Gasteiger partial charge in [-0.15, -0.1) is 0 Å². The zero-order chi connectivity index (χ0) is 39.1. The van der Waals surface area contributed by atoms with Crippen LogP contribution in [0.3, 0.4) is 0 Å². The Hall–Kier alpha value is -4.26. The minimum absolute atomic E-state index is 0.0113. The monoisotopic (exact) mass is 761 g/mol. The van der Waals surface area contributed by atoms with Crippen LogP contribution in [0, 0.1) is 0 Å². The van der Waals surface area contributed by atoms with Crippen molar-refractivity contribution in [1.29, 1.82) is 0 Å². The van der Waals surface area contributed by atoms with E-state index < -0.39 is 26.6 Å². The largest absolute Gasteiger partial charge is 0.497 e. The maximum absolute atomic E-state index is 6.95. The molecule has 0 aromatic heterocycles. The topological polar surface area (TPSA) is 95.1 Å². The van der Waals surface area contributed by atoms with Crippen LogP contribution in [0.25, 0.3) is 0 Å². The number of anilines is 1. The van der Waals surface area contributed by atoms with Gasteiger partial charge in [-0.25, -0.2) is 0 Å². The van der Waals surface area contributed by atoms with E-state index >= 15 is 0 Å². The van der Waals surface area contributed by atoms with Gasteiger partial charge in [0.25, 0.3) is 0 Å². The van der Waals surface area contributed by atoms with Crippen molar-refractivity contribution >= 4 is 14.0 Å². The molecule has 54 heavy (non-hydrogen) atoms. The van der Waals surface area contributed by atoms with Gasteiger partial charge >= 0.3 is 0 Å². The van der Waals surface area contributed by atoms with Crippen LogP contribution in [0.1, 0.15) is 37.5 Å². The van der Waals surface area contributed by atoms with Gasteiger partial charge in [0, 0.05) is 6.07 Å². The molecule has 0 fully saturated rings. The van der Waals surface area contributed by atoms with Crippen LogP contribution >= 0.6 is 0 Å². The van der Waals surface area contributed by atoms with Crippen LogP contribution in [-0.4, -0.2) is 75.3 Å². The van der Waals surface area contributed by atoms with Gasteiger partial charge in [0.15, 0.2) is 8.32 Å². The highest BCUT2D eigenvalue weighted by Gasteiger charge is 2.40. The zero-order valence-corrected chi connectivity index (χ0v) is 34.6. The summed E-state index contributed by atoms with van der Waals surface area (Å²) in [5.41, 5.74) is 3.76. The fourth-order valence-electron chi connectivity index (χ4n) is 5.43. The van der Waals surface area contributed by atoms with Gasteiger partial charge in [0.2, 0.25) is 0 Å². The van der Waals surface area contributed by atoms with Crippen LogP contribution in [0.15, 0.2) is 91.0 Å². The Bertz CT molecular complexity index is 1680. The summed E-state index contributed by atoms with van der Waals surface area (Å²) in [5, 5.41) is 3.71. The summed E-state index contributed by atoms with van der Waals surface area (Å²) in [6.45, 7) is 12.8. The predicted molar refractivity (Wildman–Crippen MR) is 216 cm³/mol. The Labute approximate surface area is 323 Å². The molecule has 0 amide bonds. The third kappa shape index (κ3) is 12.4. The normalized spacial score (nSPS) is 13.4. The number of nitrogens with one attached hydrogen (secondary N) is 1. The fourth-order valence-corrected chi connectivity index (χ4v) is 6.44. The van der Waals surface area contributed by atoms with E-state index in [1.165, 1.54) is 0 Å². The van der Waals surface area contributed by atoms with Gasteiger partial charge in [-0.1, -0.05) is 57.2 Å². The highest BCUT2D eigenvalue weighted by atomic mass is 28.4. The molecule has 11 heteroatoms. The second-order valence-corrected chi connectivity index (χ2v) is 19.4. The standard InChI is InChI=1S/C43H59NO9Si/c1-43(2,3)54(9,10)53-30-41(51-27-32-13-19-35(46-5)20-14-32)42(52-28-33-15-21-36(47-6)22-16-33)39(29-50-26-31-11-17-34(45-4)18-12-31)44-38-24-23-37(48-7)25-40(38)49-8/h11-25,39,41-42,44H,26-30H2,1-10H3/t39-,41-,42-/m1/s1. The molecule has 3 atom stereocenters. The van der Waals surface area contributed by atoms with Crippen molar-refractivity contribution in [2.24, 2.45) is 0 Å². The van der Waals surface area contributed by atoms with E-state index in [2.05, 4.69) is 39.2 Å². The minimum Gasteiger partial charge on any atom is -0.497 e. The Balaban J connectivity index is 1.75. The zero-order valence-electron chi connectivity index (χ0n) is 33.6. The molecular weight excluding hydrogens is 703 g/mol. The van der Waals surface area contributed by atoms with E-state index in [1.54, 1.807) is 35.5 Å². The average Bonchev–Trinajstić information content (AvgIpc) is 3.18. The Morgan fingerprint density at radius 2 is 1.02 bits per heavy atom. The van der Waals surface area contributed by atoms with Gasteiger partial charge < -0.3 is 47.6 Å². The fraction of sp³-hybridized carbons (Fsp3) is 0.442. The lowest BCUT2D eigenvalue weighted by Gasteiger charge is -2.40. The molecule has 10 nitrogen and oxygen atoms in total. The smallest absolute Gasteiger partial charge is 0.192 e. The lowest BCUT2D eigenvalue weighted by molar-refractivity contribution is -0.115. The average molecular weight is 762 g/mol. The molecule has 0 spiro atoms. The molecule has 0 aliphatic carbocycles. The second kappa shape index (κ2) is 20.4. The Morgan fingerprint density at radius 3 is 1.48 bits per heavy atom. The molecule has 0 saturated carbocycles. The van der Waals surface area contributed by atoms with Crippen molar-refractivity contribution in [2.45, 2.75) is 77.0 Å². The van der Waals surface area contributed by atoms with Gasteiger partial charge in [0.05, 0.1) is 80.3 Å². The summed E-state index contributed by atoms with van der Waals surface area (Å²) in [4.78, 5) is 0. The second-order valence-electron chi connectivity index (χ2n) is 14.6. The van der Waals surface area contributed by atoms with E-state index in [9.17, 15) is 0 Å². The third-order valence-corrected chi connectivity index (χ3v) is 14.4. The van der Waals surface area contributed by atoms with Crippen molar-refractivity contribution < 1.29 is 42.3 Å². The molecule has 4 rings (SSSR count). The summed E-state index contributed by atoms with van der Waals surface area (Å²) < 4.78 is 54.7. The van der Waals surface area contributed by atoms with Gasteiger partial charge in [-0.05, 0) is 83.4 Å². The molecule has 294 valence electrons. The van der Waals surface area contributed by atoms with E-state index in [-0.39, 0.29) is 11.6 Å². The van der Waals surface area contributed by atoms with Crippen molar-refractivity contribution in [1.82, 2.24) is 0 Å². The Kier molecular flexibility index (Phi) is 16.1. The van der Waals surface area contributed by atoms with Crippen LogP contribution in [0.2, 0.25) is 18.1 Å². The first-order valence-corrected chi connectivity index (χ1v) is 21.1. The lowest BCUT2D eigenvalue weighted by Crippen LogP contribution is -2.51. The minimum atomic E-state index is -2.21. The van der Waals surface area contributed by atoms with Crippen LogP contribution < -0.4 is 29.0 Å². The third-order valence-electron chi connectivity index (χ3n) is 9.88. The summed E-state index contributed by atoms with van der Waals surface area (Å²) >= 11 is 0. The first-order chi connectivity index (χ1) is 25.9. The van der Waals surface area contributed by atoms with E-state index in [1.807, 2.05) is 91.0 Å². The summed E-state index contributed by atoms with van der Waals surface area (Å²) in [6, 6.07) is 28.9. The molecule has 0 heterocycles. The summed E-state index contributed by atoms with van der Waals surface area (Å²) in [6.07, 6.45) is -1.07. The number of ether oxygens (including phenoxy) is 8. The lowest BCUT2D eigenvalue weighted by atomic mass is 10.0. The predicted octanol–water partition coefficient (Wildman–Crippen LogP) is 8.92. The van der Waals surface area contributed by atoms with Crippen LogP contribution in [0.4, 0.5) is 5.69 Å². The van der Waals surface area contributed by atoms with Crippen molar-refractivity contribution in [3.63, 3.8) is 0 Å². The first-order valence-electron chi connectivity index (χ1n) is 18.2. The number of benzene rings is 4. The molecule has 0 aliphatic heterocycles. The number of methoxy groups -OCH3 is 5. The first kappa shape index (κ1) is 42.5. The van der Waals surface area contributed by atoms with Crippen LogP contribution in [0.5, 0.6) is 28.7 Å². The number of rotatable bonds is 22. The molecule has 0 unspecified atom stereocenters. The molecule has 0 saturated heterocycles. The van der Waals surface area contributed by atoms with Crippen molar-refractivity contribution in [3.05, 3.63) is 108 Å². The molecular formula is C43H59NO9Si. The van der Waals surface area contributed by atoms with E-state index in [4.69, 9.17) is 42.3 Å². The quantitative estimate of drug-likeness (QED) is 0.0783. The highest BCUT2D eigenvalue weighted by Crippen LogP contribution is 2.37. The molecule has 0 bridgehead atoms. The van der Waals surface area contributed by atoms with E-state index in [0.29, 0.717) is 37.9 Å². The number of hydrogen-bond donors (Lipinski definition) is 1. The Morgan fingerprint density at radius 1 is 0.556 bits per heavy atom. The van der Waals surface area contributed by atoms with Gasteiger partial charge in [-0.2, -0.15) is 0 Å². The molecule has 0 aliphatic rings. The summed E-state index contributed by atoms with van der Waals surface area (Å²) in [7, 11) is 6.04. The number of hydrogen-bond acceptors (Lipinski definition) is 10. The maximum atomic E-state index is 6.95. The van der Waals surface area contributed by atoms with Crippen molar-refractivity contribution in [2.75, 3.05) is 54.1 Å². The molecule has 0 radical (unpaired) electrons. The van der Waals surface area contributed by atoms with Gasteiger partial charge in [-0.3, -0.25) is 0 Å². The molecule has 4 aromatic carbocycles. The maximum Gasteiger partial charge on any atom is 0.192 e. The summed E-state index contributed by atoms with van der Waals surface area (Å²) in [5.74, 6) is 3.65. The van der Waals surface area contributed by atoms with Gasteiger partial charge in [0.1, 0.15) is 41.0 Å². The highest BCUT2D eigenvalue weighted by molar-refractivity contribution is 6.74. The molecule has 4 aromatic rings. The van der Waals surface area contributed by atoms with E-state index in [0.717, 1.165) is 39.6 Å². The molecule has 1 N–H and O–H groups in total.